The summed E-state index contributed by atoms with van der Waals surface area (Å²) in [6, 6.07) is 7.37. The summed E-state index contributed by atoms with van der Waals surface area (Å²) in [5, 5.41) is 2.04. The minimum Gasteiger partial charge on any atom is -0.367 e. The van der Waals surface area contributed by atoms with Crippen LogP contribution in [0.1, 0.15) is 23.8 Å². The first-order valence-corrected chi connectivity index (χ1v) is 8.65. The second kappa shape index (κ2) is 7.38. The number of anilines is 1. The van der Waals surface area contributed by atoms with Gasteiger partial charge in [-0.1, -0.05) is 19.1 Å². The first-order chi connectivity index (χ1) is 10.0. The van der Waals surface area contributed by atoms with Crippen LogP contribution in [-0.4, -0.2) is 13.1 Å². The van der Waals surface area contributed by atoms with Gasteiger partial charge in [-0.15, -0.1) is 11.3 Å². The Morgan fingerprint density at radius 1 is 1.43 bits per heavy atom. The van der Waals surface area contributed by atoms with E-state index < -0.39 is 0 Å². The Kier molecular flexibility index (Phi) is 5.79. The lowest BCUT2D eigenvalue weighted by atomic mass is 10.0. The fraction of sp³-hybridized carbons (Fsp3) is 0.375. The molecule has 0 saturated heterocycles. The van der Waals surface area contributed by atoms with Gasteiger partial charge in [0.1, 0.15) is 5.82 Å². The molecule has 2 aromatic rings. The van der Waals surface area contributed by atoms with Crippen molar-refractivity contribution in [2.45, 2.75) is 32.4 Å². The molecule has 114 valence electrons. The summed E-state index contributed by atoms with van der Waals surface area (Å²) in [7, 11) is 1.92. The number of nitrogens with zero attached hydrogens (tertiary/aromatic N) is 1. The third-order valence-corrected chi connectivity index (χ3v) is 5.16. The van der Waals surface area contributed by atoms with Crippen LogP contribution in [0.15, 0.2) is 34.1 Å². The van der Waals surface area contributed by atoms with Gasteiger partial charge < -0.3 is 10.6 Å². The van der Waals surface area contributed by atoms with E-state index in [0.29, 0.717) is 18.7 Å². The lowest BCUT2D eigenvalue weighted by Crippen LogP contribution is -2.25. The van der Waals surface area contributed by atoms with Crippen molar-refractivity contribution in [2.75, 3.05) is 11.9 Å². The van der Waals surface area contributed by atoms with E-state index in [1.54, 1.807) is 17.4 Å². The molecule has 2 N–H and O–H groups in total. The van der Waals surface area contributed by atoms with Crippen LogP contribution in [-0.2, 0) is 13.0 Å². The highest BCUT2D eigenvalue weighted by Gasteiger charge is 2.15. The molecule has 0 spiro atoms. The number of halogens is 2. The van der Waals surface area contributed by atoms with Gasteiger partial charge in [-0.3, -0.25) is 0 Å². The molecule has 0 aliphatic carbocycles. The molecule has 1 unspecified atom stereocenters. The highest BCUT2D eigenvalue weighted by atomic mass is 79.9. The van der Waals surface area contributed by atoms with Gasteiger partial charge in [-0.2, -0.15) is 0 Å². The minimum atomic E-state index is -0.186. The standard InChI is InChI=1S/C16H20BrFN2S/c1-3-13(19)7-11-5-4-6-15(18)16(11)20(2)9-14-8-12(17)10-21-14/h4-6,8,10,13H,3,7,9,19H2,1-2H3. The molecule has 21 heavy (non-hydrogen) atoms. The summed E-state index contributed by atoms with van der Waals surface area (Å²) in [4.78, 5) is 3.16. The zero-order chi connectivity index (χ0) is 15.4. The van der Waals surface area contributed by atoms with Crippen molar-refractivity contribution in [3.63, 3.8) is 0 Å². The van der Waals surface area contributed by atoms with E-state index in [-0.39, 0.29) is 11.9 Å². The van der Waals surface area contributed by atoms with Crippen LogP contribution >= 0.6 is 27.3 Å². The lowest BCUT2D eigenvalue weighted by molar-refractivity contribution is 0.609. The van der Waals surface area contributed by atoms with Gasteiger partial charge in [0.2, 0.25) is 0 Å². The van der Waals surface area contributed by atoms with Crippen LogP contribution in [0, 0.1) is 5.82 Å². The normalized spacial score (nSPS) is 12.4. The Balaban J connectivity index is 2.24. The number of para-hydroxylation sites is 1. The first-order valence-electron chi connectivity index (χ1n) is 6.98. The summed E-state index contributed by atoms with van der Waals surface area (Å²) in [6.45, 7) is 2.74. The summed E-state index contributed by atoms with van der Waals surface area (Å²) in [5.41, 5.74) is 7.67. The molecule has 0 aliphatic heterocycles. The monoisotopic (exact) mass is 370 g/mol. The zero-order valence-electron chi connectivity index (χ0n) is 12.3. The first kappa shape index (κ1) is 16.5. The predicted molar refractivity (Wildman–Crippen MR) is 92.5 cm³/mol. The molecule has 2 nitrogen and oxygen atoms in total. The van der Waals surface area contributed by atoms with Gasteiger partial charge in [0.05, 0.1) is 12.2 Å². The van der Waals surface area contributed by atoms with Gasteiger partial charge >= 0.3 is 0 Å². The summed E-state index contributed by atoms with van der Waals surface area (Å²) in [5.74, 6) is -0.186. The molecule has 1 aromatic heterocycles. The highest BCUT2D eigenvalue weighted by Crippen LogP contribution is 2.28. The van der Waals surface area contributed by atoms with Crippen molar-refractivity contribution in [3.8, 4) is 0 Å². The number of thiophene rings is 1. The number of rotatable bonds is 6. The molecule has 0 fully saturated rings. The van der Waals surface area contributed by atoms with Gasteiger partial charge in [-0.05, 0) is 46.5 Å². The highest BCUT2D eigenvalue weighted by molar-refractivity contribution is 9.10. The Morgan fingerprint density at radius 3 is 2.81 bits per heavy atom. The molecule has 5 heteroatoms. The topological polar surface area (TPSA) is 29.3 Å². The third kappa shape index (κ3) is 4.28. The smallest absolute Gasteiger partial charge is 0.146 e. The molecule has 1 aromatic carbocycles. The maximum Gasteiger partial charge on any atom is 0.146 e. The molecule has 0 aliphatic rings. The third-order valence-electron chi connectivity index (χ3n) is 3.47. The minimum absolute atomic E-state index is 0.0647. The van der Waals surface area contributed by atoms with Crippen LogP contribution in [0.4, 0.5) is 10.1 Å². The van der Waals surface area contributed by atoms with Crippen LogP contribution in [0.3, 0.4) is 0 Å². The van der Waals surface area contributed by atoms with Crippen molar-refractivity contribution in [1.82, 2.24) is 0 Å². The van der Waals surface area contributed by atoms with E-state index in [2.05, 4.69) is 28.9 Å². The Labute approximate surface area is 137 Å². The number of hydrogen-bond donors (Lipinski definition) is 1. The summed E-state index contributed by atoms with van der Waals surface area (Å²) >= 11 is 5.12. The molecule has 1 heterocycles. The van der Waals surface area contributed by atoms with Gasteiger partial charge in [0.25, 0.3) is 0 Å². The molecular weight excluding hydrogens is 351 g/mol. The fourth-order valence-electron chi connectivity index (χ4n) is 2.33. The van der Waals surface area contributed by atoms with Crippen molar-refractivity contribution in [1.29, 1.82) is 0 Å². The lowest BCUT2D eigenvalue weighted by Gasteiger charge is -2.23. The van der Waals surface area contributed by atoms with E-state index in [1.165, 1.54) is 10.9 Å². The molecule has 0 bridgehead atoms. The number of nitrogens with two attached hydrogens (primary N) is 1. The Bertz CT molecular complexity index is 600. The summed E-state index contributed by atoms with van der Waals surface area (Å²) < 4.78 is 15.3. The molecule has 0 saturated carbocycles. The van der Waals surface area contributed by atoms with E-state index in [9.17, 15) is 4.39 Å². The average molecular weight is 371 g/mol. The van der Waals surface area contributed by atoms with E-state index in [0.717, 1.165) is 16.5 Å². The molecule has 2 rings (SSSR count). The average Bonchev–Trinajstić information content (AvgIpc) is 2.83. The molecule has 1 atom stereocenters. The molecule has 0 amide bonds. The Morgan fingerprint density at radius 2 is 2.19 bits per heavy atom. The van der Waals surface area contributed by atoms with Crippen LogP contribution in [0.2, 0.25) is 0 Å². The summed E-state index contributed by atoms with van der Waals surface area (Å²) in [6.07, 6.45) is 1.58. The maximum absolute atomic E-state index is 14.3. The maximum atomic E-state index is 14.3. The van der Waals surface area contributed by atoms with Gasteiger partial charge in [-0.25, -0.2) is 4.39 Å². The number of benzene rings is 1. The Hall–Kier alpha value is -0.910. The quantitative estimate of drug-likeness (QED) is 0.806. The van der Waals surface area contributed by atoms with Crippen LogP contribution in [0.25, 0.3) is 0 Å². The van der Waals surface area contributed by atoms with Crippen molar-refractivity contribution < 1.29 is 4.39 Å². The van der Waals surface area contributed by atoms with Gasteiger partial charge in [0, 0.05) is 27.8 Å². The van der Waals surface area contributed by atoms with Gasteiger partial charge in [0.15, 0.2) is 0 Å². The van der Waals surface area contributed by atoms with Crippen molar-refractivity contribution in [2.24, 2.45) is 5.73 Å². The second-order valence-electron chi connectivity index (χ2n) is 5.21. The second-order valence-corrected chi connectivity index (χ2v) is 7.12. The molecular formula is C16H20BrFN2S. The molecule has 0 radical (unpaired) electrons. The zero-order valence-corrected chi connectivity index (χ0v) is 14.7. The van der Waals surface area contributed by atoms with E-state index >= 15 is 0 Å². The van der Waals surface area contributed by atoms with Crippen molar-refractivity contribution >= 4 is 33.0 Å². The largest absolute Gasteiger partial charge is 0.367 e. The number of hydrogen-bond acceptors (Lipinski definition) is 3. The van der Waals surface area contributed by atoms with Crippen LogP contribution < -0.4 is 10.6 Å². The van der Waals surface area contributed by atoms with Crippen molar-refractivity contribution in [3.05, 3.63) is 50.4 Å². The van der Waals surface area contributed by atoms with Crippen LogP contribution in [0.5, 0.6) is 0 Å². The predicted octanol–water partition coefficient (Wildman–Crippen LogP) is 4.57. The van der Waals surface area contributed by atoms with E-state index in [4.69, 9.17) is 5.73 Å². The fourth-order valence-corrected chi connectivity index (χ4v) is 3.83. The SMILES string of the molecule is CCC(N)Cc1cccc(F)c1N(C)Cc1cc(Br)cs1. The van der Waals surface area contributed by atoms with E-state index in [1.807, 2.05) is 23.4 Å².